The van der Waals surface area contributed by atoms with Crippen LogP contribution in [-0.4, -0.2) is 10.2 Å². The summed E-state index contributed by atoms with van der Waals surface area (Å²) in [6.07, 6.45) is 0. The lowest BCUT2D eigenvalue weighted by atomic mass is 10.3. The van der Waals surface area contributed by atoms with Crippen molar-refractivity contribution in [2.24, 2.45) is 0 Å². The van der Waals surface area contributed by atoms with Crippen molar-refractivity contribution in [2.75, 3.05) is 0 Å². The van der Waals surface area contributed by atoms with Crippen LogP contribution in [-0.2, 0) is 0 Å². The van der Waals surface area contributed by atoms with Crippen LogP contribution in [0.5, 0.6) is 0 Å². The molecule has 0 amide bonds. The number of nitrogens with one attached hydrogen (secondary N) is 1. The van der Waals surface area contributed by atoms with Gasteiger partial charge < -0.3 is 0 Å². The molecule has 0 radical (unpaired) electrons. The molecule has 0 aliphatic rings. The molecule has 0 bridgehead atoms. The zero-order valence-corrected chi connectivity index (χ0v) is 7.59. The van der Waals surface area contributed by atoms with Gasteiger partial charge in [0.25, 0.3) is 0 Å². The Morgan fingerprint density at radius 3 is 3.00 bits per heavy atom. The van der Waals surface area contributed by atoms with Gasteiger partial charge in [0.05, 0.1) is 5.39 Å². The monoisotopic (exact) mass is 262 g/mol. The summed E-state index contributed by atoms with van der Waals surface area (Å²) >= 11 is 2.12. The van der Waals surface area contributed by atoms with Crippen LogP contribution < -0.4 is 0 Å². The minimum absolute atomic E-state index is 0.362. The number of nitrogens with zero attached hydrogens (tertiary/aromatic N) is 1. The molecule has 2 nitrogen and oxygen atoms in total. The molecule has 0 fully saturated rings. The predicted molar refractivity (Wildman–Crippen MR) is 48.8 cm³/mol. The highest BCUT2D eigenvalue weighted by Gasteiger charge is 2.05. The Balaban J connectivity index is 2.94. The Kier molecular flexibility index (Phi) is 1.56. The number of halogens is 2. The molecule has 56 valence electrons. The minimum Gasteiger partial charge on any atom is -0.252 e. The Bertz CT molecular complexity index is 396. The van der Waals surface area contributed by atoms with Gasteiger partial charge in [-0.3, -0.25) is 5.10 Å². The summed E-state index contributed by atoms with van der Waals surface area (Å²) in [5.74, 6) is -0.362. The van der Waals surface area contributed by atoms with E-state index in [2.05, 4.69) is 32.8 Å². The fourth-order valence-electron chi connectivity index (χ4n) is 0.971. The van der Waals surface area contributed by atoms with E-state index in [9.17, 15) is 4.39 Å². The van der Waals surface area contributed by atoms with E-state index in [4.69, 9.17) is 0 Å². The Morgan fingerprint density at radius 1 is 1.45 bits per heavy atom. The van der Waals surface area contributed by atoms with Crippen molar-refractivity contribution in [3.8, 4) is 0 Å². The quantitative estimate of drug-likeness (QED) is 0.725. The second kappa shape index (κ2) is 2.44. The van der Waals surface area contributed by atoms with Gasteiger partial charge in [-0.05, 0) is 34.7 Å². The molecule has 0 atom stereocenters. The number of aromatic amines is 1. The number of para-hydroxylation sites is 1. The summed E-state index contributed by atoms with van der Waals surface area (Å²) in [6.45, 7) is 0. The van der Waals surface area contributed by atoms with E-state index in [0.29, 0.717) is 10.9 Å². The number of aromatic nitrogens is 2. The van der Waals surface area contributed by atoms with Crippen molar-refractivity contribution in [1.29, 1.82) is 0 Å². The van der Waals surface area contributed by atoms with Crippen LogP contribution in [0.2, 0.25) is 0 Å². The van der Waals surface area contributed by atoms with Gasteiger partial charge in [0.1, 0.15) is 5.52 Å². The zero-order valence-electron chi connectivity index (χ0n) is 5.44. The van der Waals surface area contributed by atoms with Crippen LogP contribution in [0.1, 0.15) is 0 Å². The van der Waals surface area contributed by atoms with E-state index in [1.165, 1.54) is 0 Å². The molecule has 4 heteroatoms. The summed E-state index contributed by atoms with van der Waals surface area (Å²) in [5.41, 5.74) is 0.700. The molecule has 1 aromatic heterocycles. The lowest BCUT2D eigenvalue weighted by molar-refractivity contribution is 0.588. The molecule has 0 aliphatic carbocycles. The van der Waals surface area contributed by atoms with Gasteiger partial charge in [-0.2, -0.15) is 9.49 Å². The van der Waals surface area contributed by atoms with Gasteiger partial charge >= 0.3 is 0 Å². The van der Waals surface area contributed by atoms with Crippen LogP contribution in [0.3, 0.4) is 0 Å². The highest BCUT2D eigenvalue weighted by molar-refractivity contribution is 14.1. The van der Waals surface area contributed by atoms with Crippen LogP contribution in [0.25, 0.3) is 10.9 Å². The smallest absolute Gasteiger partial charge is 0.216 e. The van der Waals surface area contributed by atoms with E-state index in [-0.39, 0.29) is 5.95 Å². The lowest BCUT2D eigenvalue weighted by Gasteiger charge is -1.88. The molecule has 0 spiro atoms. The van der Waals surface area contributed by atoms with Crippen LogP contribution in [0, 0.1) is 9.52 Å². The van der Waals surface area contributed by atoms with Gasteiger partial charge in [-0.1, -0.05) is 6.07 Å². The van der Waals surface area contributed by atoms with E-state index in [1.807, 2.05) is 12.1 Å². The van der Waals surface area contributed by atoms with Gasteiger partial charge in [0.15, 0.2) is 0 Å². The molecule has 0 unspecified atom stereocenters. The summed E-state index contributed by atoms with van der Waals surface area (Å²) in [4.78, 5) is 0. The fourth-order valence-corrected chi connectivity index (χ4v) is 1.59. The van der Waals surface area contributed by atoms with Crippen molar-refractivity contribution in [3.63, 3.8) is 0 Å². The molecule has 2 aromatic rings. The molecule has 11 heavy (non-hydrogen) atoms. The van der Waals surface area contributed by atoms with Gasteiger partial charge in [-0.25, -0.2) is 0 Å². The van der Waals surface area contributed by atoms with Crippen molar-refractivity contribution in [1.82, 2.24) is 10.2 Å². The lowest BCUT2D eigenvalue weighted by Crippen LogP contribution is -1.73. The Hall–Kier alpha value is -0.650. The largest absolute Gasteiger partial charge is 0.252 e. The highest BCUT2D eigenvalue weighted by atomic mass is 127. The first kappa shape index (κ1) is 7.02. The summed E-state index contributed by atoms with van der Waals surface area (Å²) in [7, 11) is 0. The van der Waals surface area contributed by atoms with E-state index < -0.39 is 0 Å². The molecule has 2 rings (SSSR count). The molecule has 0 saturated heterocycles. The highest BCUT2D eigenvalue weighted by Crippen LogP contribution is 2.19. The molecule has 1 aromatic carbocycles. The third kappa shape index (κ3) is 1.01. The first-order valence-corrected chi connectivity index (χ1v) is 4.15. The number of H-pyrrole nitrogens is 1. The van der Waals surface area contributed by atoms with Crippen molar-refractivity contribution >= 4 is 33.5 Å². The molecular weight excluding hydrogens is 258 g/mol. The fraction of sp³-hybridized carbons (Fsp3) is 0. The maximum absolute atomic E-state index is 12.8. The van der Waals surface area contributed by atoms with Crippen LogP contribution in [0.15, 0.2) is 18.2 Å². The van der Waals surface area contributed by atoms with Crippen molar-refractivity contribution in [3.05, 3.63) is 27.7 Å². The zero-order chi connectivity index (χ0) is 7.84. The number of hydrogen-bond acceptors (Lipinski definition) is 1. The summed E-state index contributed by atoms with van der Waals surface area (Å²) < 4.78 is 13.8. The van der Waals surface area contributed by atoms with Gasteiger partial charge in [0, 0.05) is 3.57 Å². The third-order valence-corrected chi connectivity index (χ3v) is 2.36. The molecule has 1 N–H and O–H groups in total. The maximum atomic E-state index is 12.8. The Morgan fingerprint density at radius 2 is 2.27 bits per heavy atom. The van der Waals surface area contributed by atoms with E-state index in [1.54, 1.807) is 6.07 Å². The number of fused-ring (bicyclic) bond motifs is 1. The first-order valence-electron chi connectivity index (χ1n) is 3.07. The van der Waals surface area contributed by atoms with Crippen molar-refractivity contribution < 1.29 is 4.39 Å². The van der Waals surface area contributed by atoms with E-state index in [0.717, 1.165) is 3.57 Å². The minimum atomic E-state index is -0.362. The first-order chi connectivity index (χ1) is 5.29. The molecular formula is C7H4FIN2. The van der Waals surface area contributed by atoms with Gasteiger partial charge in [-0.15, -0.1) is 0 Å². The third-order valence-electron chi connectivity index (χ3n) is 1.49. The normalized spacial score (nSPS) is 10.7. The summed E-state index contributed by atoms with van der Waals surface area (Å²) in [5, 5.41) is 6.66. The number of benzene rings is 1. The maximum Gasteiger partial charge on any atom is 0.216 e. The van der Waals surface area contributed by atoms with E-state index >= 15 is 0 Å². The molecule has 0 saturated carbocycles. The van der Waals surface area contributed by atoms with Crippen LogP contribution in [0.4, 0.5) is 4.39 Å². The predicted octanol–water partition coefficient (Wildman–Crippen LogP) is 2.31. The second-order valence-electron chi connectivity index (χ2n) is 2.17. The SMILES string of the molecule is Fc1[nH]nc2c(I)cccc12. The Labute approximate surface area is 75.9 Å². The summed E-state index contributed by atoms with van der Waals surface area (Å²) in [6, 6.07) is 5.40. The second-order valence-corrected chi connectivity index (χ2v) is 3.34. The molecule has 1 heterocycles. The number of rotatable bonds is 0. The topological polar surface area (TPSA) is 28.7 Å². The average Bonchev–Trinajstić information content (AvgIpc) is 2.35. The number of hydrogen-bond donors (Lipinski definition) is 1. The molecule has 0 aliphatic heterocycles. The van der Waals surface area contributed by atoms with Gasteiger partial charge in [0.2, 0.25) is 5.95 Å². The standard InChI is InChI=1S/C7H4FIN2/c8-7-4-2-1-3-5(9)6(4)10-11-7/h1-3H,(H,10,11). The van der Waals surface area contributed by atoms with Crippen molar-refractivity contribution in [2.45, 2.75) is 0 Å². The van der Waals surface area contributed by atoms with Crippen LogP contribution >= 0.6 is 22.6 Å². The average molecular weight is 262 g/mol.